The van der Waals surface area contributed by atoms with Crippen molar-refractivity contribution < 1.29 is 14.6 Å². The van der Waals surface area contributed by atoms with E-state index in [1.165, 1.54) is 4.90 Å². The Hall–Kier alpha value is -0.720. The second-order valence-corrected chi connectivity index (χ2v) is 5.83. The van der Waals surface area contributed by atoms with Crippen LogP contribution in [0.3, 0.4) is 0 Å². The minimum atomic E-state index is -0.825. The van der Waals surface area contributed by atoms with Crippen molar-refractivity contribution in [3.8, 4) is 0 Å². The number of likely N-dealkylation sites (N-methyl/N-ethyl adjacent to an activating group) is 1. The zero-order chi connectivity index (χ0) is 14.0. The van der Waals surface area contributed by atoms with E-state index in [1.807, 2.05) is 0 Å². The van der Waals surface area contributed by atoms with Gasteiger partial charge >= 0.3 is 0 Å². The van der Waals surface area contributed by atoms with Crippen molar-refractivity contribution in [3.05, 3.63) is 0 Å². The first-order valence-electron chi connectivity index (χ1n) is 6.05. The van der Waals surface area contributed by atoms with E-state index in [1.54, 1.807) is 20.9 Å². The summed E-state index contributed by atoms with van der Waals surface area (Å²) in [5.74, 6) is -0.127. The molecular formula is C12H22N2O3S. The van der Waals surface area contributed by atoms with Gasteiger partial charge in [0.05, 0.1) is 17.1 Å². The summed E-state index contributed by atoms with van der Waals surface area (Å²) >= 11 is 5.09. The highest BCUT2D eigenvalue weighted by molar-refractivity contribution is 7.80. The minimum absolute atomic E-state index is 0.112. The van der Waals surface area contributed by atoms with E-state index in [0.717, 1.165) is 0 Å². The van der Waals surface area contributed by atoms with E-state index >= 15 is 0 Å². The number of amides is 1. The van der Waals surface area contributed by atoms with Gasteiger partial charge in [-0.25, -0.2) is 0 Å². The van der Waals surface area contributed by atoms with Gasteiger partial charge in [-0.2, -0.15) is 0 Å². The van der Waals surface area contributed by atoms with E-state index < -0.39 is 11.0 Å². The number of ether oxygens (including phenoxy) is 1. The zero-order valence-electron chi connectivity index (χ0n) is 11.2. The van der Waals surface area contributed by atoms with E-state index in [2.05, 4.69) is 0 Å². The molecule has 3 N–H and O–H groups in total. The van der Waals surface area contributed by atoms with Gasteiger partial charge in [0.1, 0.15) is 5.41 Å². The molecule has 1 fully saturated rings. The van der Waals surface area contributed by atoms with Crippen LogP contribution in [0.2, 0.25) is 0 Å². The van der Waals surface area contributed by atoms with Crippen molar-refractivity contribution >= 4 is 23.1 Å². The first kappa shape index (κ1) is 15.3. The smallest absolute Gasteiger partial charge is 0.236 e. The van der Waals surface area contributed by atoms with E-state index in [-0.39, 0.29) is 17.5 Å². The zero-order valence-corrected chi connectivity index (χ0v) is 12.0. The van der Waals surface area contributed by atoms with Crippen LogP contribution in [0.25, 0.3) is 0 Å². The number of aliphatic hydroxyl groups is 1. The normalized spacial score (nSPS) is 19.3. The molecule has 1 aliphatic heterocycles. The van der Waals surface area contributed by atoms with Crippen LogP contribution in [-0.2, 0) is 9.53 Å². The summed E-state index contributed by atoms with van der Waals surface area (Å²) in [5, 5.41) is 9.35. The van der Waals surface area contributed by atoms with E-state index in [0.29, 0.717) is 26.1 Å². The van der Waals surface area contributed by atoms with Crippen molar-refractivity contribution in [2.24, 2.45) is 11.1 Å². The maximum atomic E-state index is 12.7. The SMILES string of the molecule is CN(C(=O)C1(C(N)=S)CCOCC1)C(C)(C)CO. The molecule has 18 heavy (non-hydrogen) atoms. The van der Waals surface area contributed by atoms with Gasteiger partial charge in [0, 0.05) is 20.3 Å². The quantitative estimate of drug-likeness (QED) is 0.721. The second-order valence-electron chi connectivity index (χ2n) is 5.39. The van der Waals surface area contributed by atoms with Gasteiger partial charge in [0.2, 0.25) is 5.91 Å². The summed E-state index contributed by atoms with van der Waals surface area (Å²) in [6, 6.07) is 0. The van der Waals surface area contributed by atoms with Gasteiger partial charge in [-0.15, -0.1) is 0 Å². The highest BCUT2D eigenvalue weighted by Crippen LogP contribution is 2.34. The van der Waals surface area contributed by atoms with Crippen LogP contribution in [-0.4, -0.2) is 53.3 Å². The number of hydrogen-bond acceptors (Lipinski definition) is 4. The van der Waals surface area contributed by atoms with Gasteiger partial charge < -0.3 is 20.5 Å². The number of hydrogen-bond donors (Lipinski definition) is 2. The van der Waals surface area contributed by atoms with Crippen molar-refractivity contribution in [1.82, 2.24) is 4.90 Å². The van der Waals surface area contributed by atoms with Gasteiger partial charge in [-0.1, -0.05) is 12.2 Å². The number of carbonyl (C=O) groups is 1. The fourth-order valence-electron chi connectivity index (χ4n) is 1.99. The number of aliphatic hydroxyl groups excluding tert-OH is 1. The number of thiocarbonyl (C=S) groups is 1. The summed E-state index contributed by atoms with van der Waals surface area (Å²) in [6.45, 7) is 4.46. The summed E-state index contributed by atoms with van der Waals surface area (Å²) in [4.78, 5) is 14.4. The monoisotopic (exact) mass is 274 g/mol. The molecule has 0 aliphatic carbocycles. The lowest BCUT2D eigenvalue weighted by atomic mass is 9.78. The van der Waals surface area contributed by atoms with Crippen LogP contribution in [0.15, 0.2) is 0 Å². The van der Waals surface area contributed by atoms with Crippen LogP contribution in [0.4, 0.5) is 0 Å². The molecule has 1 heterocycles. The third-order valence-corrected chi connectivity index (χ3v) is 4.22. The van der Waals surface area contributed by atoms with Gasteiger partial charge in [0.15, 0.2) is 0 Å². The average Bonchev–Trinajstić information content (AvgIpc) is 2.37. The highest BCUT2D eigenvalue weighted by atomic mass is 32.1. The average molecular weight is 274 g/mol. The molecule has 6 heteroatoms. The van der Waals surface area contributed by atoms with Crippen molar-refractivity contribution in [1.29, 1.82) is 0 Å². The molecule has 0 aromatic rings. The predicted molar refractivity (Wildman–Crippen MR) is 73.2 cm³/mol. The lowest BCUT2D eigenvalue weighted by Gasteiger charge is -2.43. The van der Waals surface area contributed by atoms with Crippen LogP contribution in [0, 0.1) is 5.41 Å². The summed E-state index contributed by atoms with van der Waals surface area (Å²) in [7, 11) is 1.67. The standard InChI is InChI=1S/C12H22N2O3S/c1-11(2,8-15)14(3)10(16)12(9(13)18)4-6-17-7-5-12/h15H,4-8H2,1-3H3,(H2,13,18). The summed E-state index contributed by atoms with van der Waals surface area (Å²) in [6.07, 6.45) is 1.01. The Morgan fingerprint density at radius 3 is 2.39 bits per heavy atom. The fraction of sp³-hybridized carbons (Fsp3) is 0.833. The van der Waals surface area contributed by atoms with Crippen LogP contribution in [0.1, 0.15) is 26.7 Å². The molecule has 104 valence electrons. The first-order chi connectivity index (χ1) is 8.28. The number of nitrogens with two attached hydrogens (primary N) is 1. The molecule has 0 saturated carbocycles. The molecule has 1 amide bonds. The maximum Gasteiger partial charge on any atom is 0.236 e. The second kappa shape index (κ2) is 5.50. The molecular weight excluding hydrogens is 252 g/mol. The lowest BCUT2D eigenvalue weighted by Crippen LogP contribution is -2.58. The fourth-order valence-corrected chi connectivity index (χ4v) is 2.28. The Morgan fingerprint density at radius 1 is 1.50 bits per heavy atom. The molecule has 0 unspecified atom stereocenters. The van der Waals surface area contributed by atoms with Crippen molar-refractivity contribution in [2.75, 3.05) is 26.9 Å². The van der Waals surface area contributed by atoms with Gasteiger partial charge in [-0.3, -0.25) is 4.79 Å². The Labute approximate surface area is 113 Å². The van der Waals surface area contributed by atoms with Gasteiger partial charge in [-0.05, 0) is 26.7 Å². The Bertz CT molecular complexity index is 338. The van der Waals surface area contributed by atoms with Crippen LogP contribution < -0.4 is 5.73 Å². The molecule has 0 atom stereocenters. The lowest BCUT2D eigenvalue weighted by molar-refractivity contribution is -0.147. The first-order valence-corrected chi connectivity index (χ1v) is 6.45. The van der Waals surface area contributed by atoms with Gasteiger partial charge in [0.25, 0.3) is 0 Å². The molecule has 0 radical (unpaired) electrons. The Kier molecular flexibility index (Phi) is 4.69. The molecule has 5 nitrogen and oxygen atoms in total. The van der Waals surface area contributed by atoms with Crippen molar-refractivity contribution in [3.63, 3.8) is 0 Å². The number of nitrogens with zero attached hydrogens (tertiary/aromatic N) is 1. The maximum absolute atomic E-state index is 12.7. The summed E-state index contributed by atoms with van der Waals surface area (Å²) in [5.41, 5.74) is 4.34. The highest BCUT2D eigenvalue weighted by Gasteiger charge is 2.46. The van der Waals surface area contributed by atoms with Crippen LogP contribution in [0.5, 0.6) is 0 Å². The molecule has 0 aromatic carbocycles. The summed E-state index contributed by atoms with van der Waals surface area (Å²) < 4.78 is 5.28. The predicted octanol–water partition coefficient (Wildman–Crippen LogP) is 0.299. The number of carbonyl (C=O) groups excluding carboxylic acids is 1. The molecule has 1 rings (SSSR count). The molecule has 0 aromatic heterocycles. The van der Waals surface area contributed by atoms with E-state index in [4.69, 9.17) is 22.7 Å². The van der Waals surface area contributed by atoms with E-state index in [9.17, 15) is 9.90 Å². The molecule has 1 aliphatic rings. The molecule has 0 spiro atoms. The third kappa shape index (κ3) is 2.65. The molecule has 1 saturated heterocycles. The third-order valence-electron chi connectivity index (χ3n) is 3.83. The largest absolute Gasteiger partial charge is 0.394 e. The minimum Gasteiger partial charge on any atom is -0.394 e. The Morgan fingerprint density at radius 2 is 2.00 bits per heavy atom. The molecule has 0 bridgehead atoms. The topological polar surface area (TPSA) is 75.8 Å². The Balaban J connectivity index is 3.00. The van der Waals surface area contributed by atoms with Crippen molar-refractivity contribution in [2.45, 2.75) is 32.2 Å². The number of rotatable bonds is 4. The van der Waals surface area contributed by atoms with Crippen LogP contribution >= 0.6 is 12.2 Å².